The molecule has 4 heteroatoms. The first-order valence-electron chi connectivity index (χ1n) is 7.25. The third kappa shape index (κ3) is 6.37. The van der Waals surface area contributed by atoms with Crippen molar-refractivity contribution in [3.63, 3.8) is 0 Å². The molecule has 0 bridgehead atoms. The smallest absolute Gasteiger partial charge is 0.118 e. The summed E-state index contributed by atoms with van der Waals surface area (Å²) < 4.78 is 15.6. The first-order chi connectivity index (χ1) is 9.81. The first-order valence-corrected chi connectivity index (χ1v) is 7.25. The summed E-state index contributed by atoms with van der Waals surface area (Å²) in [6.07, 6.45) is 2.08. The van der Waals surface area contributed by atoms with Crippen molar-refractivity contribution in [3.05, 3.63) is 29.8 Å². The third-order valence-electron chi connectivity index (χ3n) is 3.21. The highest BCUT2D eigenvalue weighted by Crippen LogP contribution is 2.19. The summed E-state index contributed by atoms with van der Waals surface area (Å²) in [5.74, 6) is 0.898. The average molecular weight is 281 g/mol. The molecule has 20 heavy (non-hydrogen) atoms. The van der Waals surface area contributed by atoms with Crippen molar-refractivity contribution < 1.29 is 14.2 Å². The number of benzene rings is 1. The van der Waals surface area contributed by atoms with Crippen molar-refractivity contribution in [2.75, 3.05) is 40.6 Å². The van der Waals surface area contributed by atoms with E-state index >= 15 is 0 Å². The van der Waals surface area contributed by atoms with Crippen LogP contribution in [0.4, 0.5) is 0 Å². The number of rotatable bonds is 11. The number of ether oxygens (including phenoxy) is 3. The Kier molecular flexibility index (Phi) is 9.04. The fraction of sp³-hybridized carbons (Fsp3) is 0.625. The molecule has 1 aromatic carbocycles. The highest BCUT2D eigenvalue weighted by molar-refractivity contribution is 5.29. The van der Waals surface area contributed by atoms with Crippen LogP contribution >= 0.6 is 0 Å². The largest absolute Gasteiger partial charge is 0.497 e. The molecule has 1 rings (SSSR count). The van der Waals surface area contributed by atoms with Gasteiger partial charge in [0.1, 0.15) is 5.75 Å². The van der Waals surface area contributed by atoms with Gasteiger partial charge in [0.05, 0.1) is 20.3 Å². The second-order valence-electron chi connectivity index (χ2n) is 4.65. The van der Waals surface area contributed by atoms with E-state index in [1.54, 1.807) is 14.2 Å². The van der Waals surface area contributed by atoms with E-state index in [2.05, 4.69) is 24.4 Å². The van der Waals surface area contributed by atoms with Gasteiger partial charge in [0, 0.05) is 19.8 Å². The van der Waals surface area contributed by atoms with Gasteiger partial charge in [-0.2, -0.15) is 0 Å². The molecule has 0 saturated heterocycles. The maximum atomic E-state index is 5.44. The zero-order valence-electron chi connectivity index (χ0n) is 12.9. The number of hydrogen-bond donors (Lipinski definition) is 1. The molecule has 0 aliphatic carbocycles. The van der Waals surface area contributed by atoms with Crippen molar-refractivity contribution in [2.24, 2.45) is 0 Å². The highest BCUT2D eigenvalue weighted by Gasteiger charge is 2.08. The number of hydrogen-bond acceptors (Lipinski definition) is 4. The van der Waals surface area contributed by atoms with Crippen molar-refractivity contribution in [3.8, 4) is 5.75 Å². The SMILES string of the molecule is CCC(NCCCOCCOC)c1ccc(OC)cc1. The molecule has 0 fully saturated rings. The van der Waals surface area contributed by atoms with Crippen LogP contribution in [0.2, 0.25) is 0 Å². The Bertz CT molecular complexity index is 340. The summed E-state index contributed by atoms with van der Waals surface area (Å²) in [6, 6.07) is 8.64. The number of methoxy groups -OCH3 is 2. The molecule has 0 heterocycles. The lowest BCUT2D eigenvalue weighted by molar-refractivity contribution is 0.0692. The van der Waals surface area contributed by atoms with Gasteiger partial charge in [-0.15, -0.1) is 0 Å². The van der Waals surface area contributed by atoms with Gasteiger partial charge in [-0.1, -0.05) is 19.1 Å². The molecule has 0 amide bonds. The van der Waals surface area contributed by atoms with Gasteiger partial charge in [-0.3, -0.25) is 0 Å². The quantitative estimate of drug-likeness (QED) is 0.633. The van der Waals surface area contributed by atoms with Crippen LogP contribution in [0.1, 0.15) is 31.4 Å². The second-order valence-corrected chi connectivity index (χ2v) is 4.65. The van der Waals surface area contributed by atoms with Crippen LogP contribution in [0.25, 0.3) is 0 Å². The van der Waals surface area contributed by atoms with Gasteiger partial charge in [0.2, 0.25) is 0 Å². The standard InChI is InChI=1S/C16H27NO3/c1-4-16(14-6-8-15(19-3)9-7-14)17-10-5-11-20-13-12-18-2/h6-9,16-17H,4-5,10-13H2,1-3H3. The van der Waals surface area contributed by atoms with Crippen molar-refractivity contribution >= 4 is 0 Å². The van der Waals surface area contributed by atoms with Gasteiger partial charge >= 0.3 is 0 Å². The van der Waals surface area contributed by atoms with E-state index in [9.17, 15) is 0 Å². The lowest BCUT2D eigenvalue weighted by Gasteiger charge is -2.17. The van der Waals surface area contributed by atoms with Gasteiger partial charge in [-0.05, 0) is 37.1 Å². The Balaban J connectivity index is 2.24. The zero-order chi connectivity index (χ0) is 14.6. The summed E-state index contributed by atoms with van der Waals surface area (Å²) in [4.78, 5) is 0. The maximum Gasteiger partial charge on any atom is 0.118 e. The topological polar surface area (TPSA) is 39.7 Å². The molecule has 0 spiro atoms. The molecular weight excluding hydrogens is 254 g/mol. The highest BCUT2D eigenvalue weighted by atomic mass is 16.5. The van der Waals surface area contributed by atoms with Crippen LogP contribution < -0.4 is 10.1 Å². The van der Waals surface area contributed by atoms with Crippen molar-refractivity contribution in [1.82, 2.24) is 5.32 Å². The zero-order valence-corrected chi connectivity index (χ0v) is 12.9. The van der Waals surface area contributed by atoms with Crippen LogP contribution in [0.3, 0.4) is 0 Å². The lowest BCUT2D eigenvalue weighted by atomic mass is 10.0. The summed E-state index contributed by atoms with van der Waals surface area (Å²) in [5, 5.41) is 3.56. The molecule has 0 aliphatic rings. The van der Waals surface area contributed by atoms with Crippen LogP contribution in [-0.2, 0) is 9.47 Å². The summed E-state index contributed by atoms with van der Waals surface area (Å²) in [6.45, 7) is 5.26. The Morgan fingerprint density at radius 3 is 2.40 bits per heavy atom. The Labute approximate surface area is 122 Å². The third-order valence-corrected chi connectivity index (χ3v) is 3.21. The van der Waals surface area contributed by atoms with Crippen LogP contribution in [0.5, 0.6) is 5.75 Å². The van der Waals surface area contributed by atoms with E-state index in [4.69, 9.17) is 14.2 Å². The molecule has 1 aromatic rings. The molecule has 0 radical (unpaired) electrons. The normalized spacial score (nSPS) is 12.3. The van der Waals surface area contributed by atoms with Crippen LogP contribution in [0, 0.1) is 0 Å². The maximum absolute atomic E-state index is 5.44. The number of nitrogens with one attached hydrogen (secondary N) is 1. The van der Waals surface area contributed by atoms with Crippen molar-refractivity contribution in [2.45, 2.75) is 25.8 Å². The summed E-state index contributed by atoms with van der Waals surface area (Å²) >= 11 is 0. The second kappa shape index (κ2) is 10.7. The van der Waals surface area contributed by atoms with Gasteiger partial charge in [-0.25, -0.2) is 0 Å². The van der Waals surface area contributed by atoms with E-state index in [1.165, 1.54) is 5.56 Å². The van der Waals surface area contributed by atoms with Gasteiger partial charge in [0.25, 0.3) is 0 Å². The summed E-state index contributed by atoms with van der Waals surface area (Å²) in [7, 11) is 3.37. The Morgan fingerprint density at radius 2 is 1.80 bits per heavy atom. The molecule has 0 aromatic heterocycles. The van der Waals surface area contributed by atoms with Gasteiger partial charge < -0.3 is 19.5 Å². The molecule has 1 N–H and O–H groups in total. The predicted molar refractivity (Wildman–Crippen MR) is 81.3 cm³/mol. The fourth-order valence-electron chi connectivity index (χ4n) is 2.03. The predicted octanol–water partition coefficient (Wildman–Crippen LogP) is 2.79. The summed E-state index contributed by atoms with van der Waals surface area (Å²) in [5.41, 5.74) is 1.30. The Morgan fingerprint density at radius 1 is 1.05 bits per heavy atom. The molecule has 0 saturated carbocycles. The van der Waals surface area contributed by atoms with E-state index in [1.807, 2.05) is 12.1 Å². The van der Waals surface area contributed by atoms with E-state index in [0.717, 1.165) is 31.7 Å². The molecule has 1 unspecified atom stereocenters. The molecule has 1 atom stereocenters. The van der Waals surface area contributed by atoms with Crippen LogP contribution in [-0.4, -0.2) is 40.6 Å². The van der Waals surface area contributed by atoms with E-state index < -0.39 is 0 Å². The molecule has 4 nitrogen and oxygen atoms in total. The lowest BCUT2D eigenvalue weighted by Crippen LogP contribution is -2.23. The van der Waals surface area contributed by atoms with E-state index in [-0.39, 0.29) is 0 Å². The minimum absolute atomic E-state index is 0.389. The molecule has 0 aliphatic heterocycles. The minimum atomic E-state index is 0.389. The molecular formula is C16H27NO3. The monoisotopic (exact) mass is 281 g/mol. The van der Waals surface area contributed by atoms with Gasteiger partial charge in [0.15, 0.2) is 0 Å². The fourth-order valence-corrected chi connectivity index (χ4v) is 2.03. The average Bonchev–Trinajstić information content (AvgIpc) is 2.50. The Hall–Kier alpha value is -1.10. The van der Waals surface area contributed by atoms with Crippen LogP contribution in [0.15, 0.2) is 24.3 Å². The van der Waals surface area contributed by atoms with Crippen molar-refractivity contribution in [1.29, 1.82) is 0 Å². The minimum Gasteiger partial charge on any atom is -0.497 e. The molecule has 114 valence electrons. The van der Waals surface area contributed by atoms with E-state index in [0.29, 0.717) is 19.3 Å². The first kappa shape index (κ1) is 17.0.